The first-order valence-electron chi connectivity index (χ1n) is 10.7. The van der Waals surface area contributed by atoms with Gasteiger partial charge in [-0.05, 0) is 53.6 Å². The second-order valence-corrected chi connectivity index (χ2v) is 9.22. The van der Waals surface area contributed by atoms with Crippen LogP contribution in [0.2, 0.25) is 5.02 Å². The number of benzene rings is 2. The normalized spacial score (nSPS) is 11.1. The van der Waals surface area contributed by atoms with Crippen LogP contribution in [0.3, 0.4) is 0 Å². The van der Waals surface area contributed by atoms with Gasteiger partial charge in [0.25, 0.3) is 5.56 Å². The first kappa shape index (κ1) is 23.0. The molecule has 0 saturated carbocycles. The summed E-state index contributed by atoms with van der Waals surface area (Å²) in [7, 11) is 0. The molecule has 170 valence electrons. The molecule has 0 unspecified atom stereocenters. The molecule has 8 heteroatoms. The van der Waals surface area contributed by atoms with E-state index in [0.29, 0.717) is 34.7 Å². The van der Waals surface area contributed by atoms with Crippen LogP contribution in [-0.2, 0) is 24.3 Å². The number of halogens is 1. The van der Waals surface area contributed by atoms with E-state index in [4.69, 9.17) is 11.6 Å². The van der Waals surface area contributed by atoms with Crippen molar-refractivity contribution >= 4 is 39.1 Å². The van der Waals surface area contributed by atoms with Crippen molar-refractivity contribution in [2.75, 3.05) is 6.54 Å². The van der Waals surface area contributed by atoms with E-state index in [1.807, 2.05) is 60.8 Å². The Morgan fingerprint density at radius 1 is 1.03 bits per heavy atom. The largest absolute Gasteiger partial charge is 0.356 e. The van der Waals surface area contributed by atoms with Crippen molar-refractivity contribution in [1.29, 1.82) is 0 Å². The molecule has 33 heavy (non-hydrogen) atoms. The molecule has 0 aliphatic rings. The van der Waals surface area contributed by atoms with Crippen molar-refractivity contribution in [2.24, 2.45) is 0 Å². The Balaban J connectivity index is 1.49. The van der Waals surface area contributed by atoms with Crippen LogP contribution in [0, 0.1) is 6.92 Å². The van der Waals surface area contributed by atoms with E-state index < -0.39 is 5.69 Å². The highest BCUT2D eigenvalue weighted by molar-refractivity contribution is 7.17. The van der Waals surface area contributed by atoms with E-state index in [9.17, 15) is 14.4 Å². The lowest BCUT2D eigenvalue weighted by atomic mass is 10.1. The molecule has 1 N–H and O–H groups in total. The van der Waals surface area contributed by atoms with Crippen LogP contribution in [0.5, 0.6) is 0 Å². The van der Waals surface area contributed by atoms with Crippen molar-refractivity contribution in [3.05, 3.63) is 103 Å². The molecule has 1 amide bonds. The summed E-state index contributed by atoms with van der Waals surface area (Å²) in [6.07, 6.45) is 0.726. The zero-order valence-corrected chi connectivity index (χ0v) is 19.8. The molecule has 0 aliphatic heterocycles. The van der Waals surface area contributed by atoms with Gasteiger partial charge in [0.05, 0.1) is 12.1 Å². The minimum Gasteiger partial charge on any atom is -0.356 e. The van der Waals surface area contributed by atoms with E-state index in [1.54, 1.807) is 10.6 Å². The van der Waals surface area contributed by atoms with Gasteiger partial charge in [-0.1, -0.05) is 48.0 Å². The quantitative estimate of drug-likeness (QED) is 0.413. The Morgan fingerprint density at radius 3 is 2.55 bits per heavy atom. The molecule has 2 aromatic heterocycles. The maximum absolute atomic E-state index is 13.2. The third-order valence-electron chi connectivity index (χ3n) is 5.64. The number of fused-ring (bicyclic) bond motifs is 1. The van der Waals surface area contributed by atoms with E-state index in [2.05, 4.69) is 5.32 Å². The lowest BCUT2D eigenvalue weighted by molar-refractivity contribution is -0.121. The lowest BCUT2D eigenvalue weighted by Gasteiger charge is -2.13. The molecule has 0 bridgehead atoms. The smallest absolute Gasteiger partial charge is 0.331 e. The molecule has 0 spiro atoms. The minimum absolute atomic E-state index is 0.0338. The number of carbonyl (C=O) groups excluding carboxylic acids is 1. The van der Waals surface area contributed by atoms with E-state index in [1.165, 1.54) is 15.9 Å². The molecule has 0 fully saturated rings. The fourth-order valence-electron chi connectivity index (χ4n) is 3.74. The number of thiophene rings is 1. The molecule has 4 aromatic rings. The number of hydrogen-bond donors (Lipinski definition) is 1. The van der Waals surface area contributed by atoms with Crippen LogP contribution in [0.4, 0.5) is 0 Å². The zero-order chi connectivity index (χ0) is 23.4. The average molecular weight is 482 g/mol. The second-order valence-electron chi connectivity index (χ2n) is 7.86. The summed E-state index contributed by atoms with van der Waals surface area (Å²) in [5, 5.41) is 5.34. The van der Waals surface area contributed by atoms with Gasteiger partial charge in [0.15, 0.2) is 0 Å². The molecular weight excluding hydrogens is 458 g/mol. The van der Waals surface area contributed by atoms with Crippen LogP contribution >= 0.6 is 22.9 Å². The summed E-state index contributed by atoms with van der Waals surface area (Å²) >= 11 is 7.20. The van der Waals surface area contributed by atoms with Crippen LogP contribution in [0.15, 0.2) is 69.6 Å². The zero-order valence-electron chi connectivity index (χ0n) is 18.2. The van der Waals surface area contributed by atoms with Gasteiger partial charge in [0.1, 0.15) is 4.70 Å². The summed E-state index contributed by atoms with van der Waals surface area (Å²) in [6.45, 7) is 2.87. The number of rotatable bonds is 8. The Kier molecular flexibility index (Phi) is 7.11. The molecule has 2 heterocycles. The fraction of sp³-hybridized carbons (Fsp3) is 0.240. The fourth-order valence-corrected chi connectivity index (χ4v) is 4.71. The second kappa shape index (κ2) is 10.2. The molecule has 0 aliphatic carbocycles. The Morgan fingerprint density at radius 2 is 1.79 bits per heavy atom. The van der Waals surface area contributed by atoms with E-state index >= 15 is 0 Å². The number of hydrogen-bond acceptors (Lipinski definition) is 4. The molecule has 0 radical (unpaired) electrons. The maximum Gasteiger partial charge on any atom is 0.331 e. The highest BCUT2D eigenvalue weighted by Crippen LogP contribution is 2.17. The standard InChI is InChI=1S/C25H24ClN3O3S/c1-17-4-2-3-5-19(17)16-29-21-12-15-33-23(21)24(31)28(25(29)32)14-11-22(30)27-13-10-18-6-8-20(26)9-7-18/h2-9,12,15H,10-11,13-14,16H2,1H3,(H,27,30). The van der Waals surface area contributed by atoms with Gasteiger partial charge < -0.3 is 5.32 Å². The minimum atomic E-state index is -0.400. The van der Waals surface area contributed by atoms with Crippen molar-refractivity contribution < 1.29 is 4.79 Å². The Bertz CT molecular complexity index is 1400. The number of aromatic nitrogens is 2. The average Bonchev–Trinajstić information content (AvgIpc) is 3.29. The monoisotopic (exact) mass is 481 g/mol. The van der Waals surface area contributed by atoms with Crippen molar-refractivity contribution in [3.8, 4) is 0 Å². The van der Waals surface area contributed by atoms with E-state index in [0.717, 1.165) is 16.7 Å². The molecule has 6 nitrogen and oxygen atoms in total. The third kappa shape index (κ3) is 5.26. The summed E-state index contributed by atoms with van der Waals surface area (Å²) in [4.78, 5) is 38.5. The van der Waals surface area contributed by atoms with Crippen molar-refractivity contribution in [1.82, 2.24) is 14.5 Å². The Labute approximate surface area is 200 Å². The predicted molar refractivity (Wildman–Crippen MR) is 133 cm³/mol. The summed E-state index contributed by atoms with van der Waals surface area (Å²) < 4.78 is 3.32. The third-order valence-corrected chi connectivity index (χ3v) is 6.78. The summed E-state index contributed by atoms with van der Waals surface area (Å²) in [5.74, 6) is -0.202. The highest BCUT2D eigenvalue weighted by atomic mass is 35.5. The van der Waals surface area contributed by atoms with Gasteiger partial charge in [-0.15, -0.1) is 11.3 Å². The summed E-state index contributed by atoms with van der Waals surface area (Å²) in [6, 6.07) is 17.1. The van der Waals surface area contributed by atoms with Crippen molar-refractivity contribution in [2.45, 2.75) is 32.9 Å². The van der Waals surface area contributed by atoms with Crippen LogP contribution in [0.25, 0.3) is 10.2 Å². The van der Waals surface area contributed by atoms with Gasteiger partial charge in [0, 0.05) is 24.5 Å². The first-order valence-corrected chi connectivity index (χ1v) is 12.0. The van der Waals surface area contributed by atoms with Crippen LogP contribution < -0.4 is 16.6 Å². The van der Waals surface area contributed by atoms with Gasteiger partial charge in [-0.3, -0.25) is 18.7 Å². The predicted octanol–water partition coefficient (Wildman–Crippen LogP) is 3.98. The number of carbonyl (C=O) groups is 1. The summed E-state index contributed by atoms with van der Waals surface area (Å²) in [5.41, 5.74) is 3.03. The number of nitrogens with one attached hydrogen (secondary N) is 1. The maximum atomic E-state index is 13.2. The molecule has 2 aromatic carbocycles. The molecule has 0 saturated heterocycles. The van der Waals surface area contributed by atoms with Gasteiger partial charge in [-0.25, -0.2) is 4.79 Å². The topological polar surface area (TPSA) is 73.1 Å². The highest BCUT2D eigenvalue weighted by Gasteiger charge is 2.16. The van der Waals surface area contributed by atoms with Gasteiger partial charge in [-0.2, -0.15) is 0 Å². The number of aryl methyl sites for hydroxylation is 1. The molecule has 0 atom stereocenters. The Hall–Kier alpha value is -3.16. The SMILES string of the molecule is Cc1ccccc1Cn1c(=O)n(CCC(=O)NCCc2ccc(Cl)cc2)c(=O)c2sccc21. The lowest BCUT2D eigenvalue weighted by Crippen LogP contribution is -2.41. The first-order chi connectivity index (χ1) is 15.9. The van der Waals surface area contributed by atoms with Crippen molar-refractivity contribution in [3.63, 3.8) is 0 Å². The van der Waals surface area contributed by atoms with Crippen LogP contribution in [-0.4, -0.2) is 21.6 Å². The number of amides is 1. The van der Waals surface area contributed by atoms with E-state index in [-0.39, 0.29) is 24.4 Å². The number of nitrogens with zero attached hydrogens (tertiary/aromatic N) is 2. The van der Waals surface area contributed by atoms with Gasteiger partial charge >= 0.3 is 5.69 Å². The molecule has 4 rings (SSSR count). The molecular formula is C25H24ClN3O3S. The van der Waals surface area contributed by atoms with Crippen LogP contribution in [0.1, 0.15) is 23.1 Å². The van der Waals surface area contributed by atoms with Gasteiger partial charge in [0.2, 0.25) is 5.91 Å².